The molecule has 0 radical (unpaired) electrons. The summed E-state index contributed by atoms with van der Waals surface area (Å²) in [6, 6.07) is 0. The van der Waals surface area contributed by atoms with Crippen molar-refractivity contribution in [1.29, 1.82) is 0 Å². The Balaban J connectivity index is 2.03. The van der Waals surface area contributed by atoms with E-state index in [1.54, 1.807) is 0 Å². The van der Waals surface area contributed by atoms with E-state index in [1.807, 2.05) is 20.8 Å². The lowest BCUT2D eigenvalue weighted by atomic mass is 10.2. The van der Waals surface area contributed by atoms with Gasteiger partial charge in [0.2, 0.25) is 0 Å². The van der Waals surface area contributed by atoms with E-state index in [4.69, 9.17) is 14.2 Å². The summed E-state index contributed by atoms with van der Waals surface area (Å²) in [5.41, 5.74) is 0. The van der Waals surface area contributed by atoms with E-state index >= 15 is 0 Å². The summed E-state index contributed by atoms with van der Waals surface area (Å²) >= 11 is 0. The Bertz CT molecular complexity index is 198. The molecule has 0 spiro atoms. The van der Waals surface area contributed by atoms with Crippen molar-refractivity contribution in [3.05, 3.63) is 0 Å². The molecule has 5 heteroatoms. The van der Waals surface area contributed by atoms with Crippen molar-refractivity contribution in [1.82, 2.24) is 0 Å². The van der Waals surface area contributed by atoms with Gasteiger partial charge in [0.05, 0.1) is 26.4 Å². The van der Waals surface area contributed by atoms with Crippen molar-refractivity contribution in [2.75, 3.05) is 33.3 Å². The van der Waals surface area contributed by atoms with Gasteiger partial charge in [-0.15, -0.1) is 0 Å². The highest BCUT2D eigenvalue weighted by Gasteiger charge is 2.32. The summed E-state index contributed by atoms with van der Waals surface area (Å²) in [6.07, 6.45) is -0.00991. The third-order valence-electron chi connectivity index (χ3n) is 2.25. The Morgan fingerprint density at radius 3 is 2.62 bits per heavy atom. The number of halogens is 1. The van der Waals surface area contributed by atoms with Crippen molar-refractivity contribution >= 4 is 0 Å². The molecule has 0 bridgehead atoms. The molecule has 1 aliphatic heterocycles. The standard InChI is InChI=1S/C11H21FO4/c1-9(5-14-8-12)4-13-6-10-7-15-11(2,3)16-10/h9-10H,4-8H2,1-3H3. The van der Waals surface area contributed by atoms with E-state index in [9.17, 15) is 4.39 Å². The first-order valence-corrected chi connectivity index (χ1v) is 5.56. The zero-order chi connectivity index (χ0) is 12.0. The highest BCUT2D eigenvalue weighted by Crippen LogP contribution is 2.22. The first-order valence-electron chi connectivity index (χ1n) is 5.56. The predicted molar refractivity (Wildman–Crippen MR) is 56.8 cm³/mol. The normalized spacial score (nSPS) is 25.9. The number of ether oxygens (including phenoxy) is 4. The van der Waals surface area contributed by atoms with Crippen LogP contribution in [0.2, 0.25) is 0 Å². The van der Waals surface area contributed by atoms with Crippen LogP contribution in [0.4, 0.5) is 4.39 Å². The minimum Gasteiger partial charge on any atom is -0.378 e. The highest BCUT2D eigenvalue weighted by atomic mass is 19.1. The van der Waals surface area contributed by atoms with Crippen LogP contribution in [0.15, 0.2) is 0 Å². The molecule has 2 unspecified atom stereocenters. The molecule has 1 heterocycles. The fourth-order valence-corrected chi connectivity index (χ4v) is 1.54. The molecule has 0 aliphatic carbocycles. The van der Waals surface area contributed by atoms with Crippen LogP contribution in [-0.4, -0.2) is 45.2 Å². The van der Waals surface area contributed by atoms with Crippen LogP contribution in [0.25, 0.3) is 0 Å². The average molecular weight is 236 g/mol. The lowest BCUT2D eigenvalue weighted by Crippen LogP contribution is -2.25. The molecule has 16 heavy (non-hydrogen) atoms. The minimum absolute atomic E-state index is 0.00991. The van der Waals surface area contributed by atoms with Crippen LogP contribution >= 0.6 is 0 Å². The second-order valence-electron chi connectivity index (χ2n) is 4.57. The zero-order valence-electron chi connectivity index (χ0n) is 10.2. The van der Waals surface area contributed by atoms with Crippen LogP contribution < -0.4 is 0 Å². The molecule has 0 aromatic rings. The number of alkyl halides is 1. The van der Waals surface area contributed by atoms with Crippen molar-refractivity contribution in [3.8, 4) is 0 Å². The quantitative estimate of drug-likeness (QED) is 0.674. The Morgan fingerprint density at radius 2 is 2.06 bits per heavy atom. The van der Waals surface area contributed by atoms with E-state index in [0.29, 0.717) is 26.4 Å². The fourth-order valence-electron chi connectivity index (χ4n) is 1.54. The Hall–Kier alpha value is -0.230. The van der Waals surface area contributed by atoms with Gasteiger partial charge in [0.1, 0.15) is 6.10 Å². The van der Waals surface area contributed by atoms with Gasteiger partial charge in [-0.3, -0.25) is 0 Å². The monoisotopic (exact) mass is 236 g/mol. The van der Waals surface area contributed by atoms with E-state index in [-0.39, 0.29) is 12.0 Å². The second-order valence-corrected chi connectivity index (χ2v) is 4.57. The first kappa shape index (κ1) is 13.8. The Morgan fingerprint density at radius 1 is 1.38 bits per heavy atom. The van der Waals surface area contributed by atoms with Gasteiger partial charge >= 0.3 is 0 Å². The van der Waals surface area contributed by atoms with Gasteiger partial charge in [-0.05, 0) is 13.8 Å². The van der Waals surface area contributed by atoms with Gasteiger partial charge in [-0.2, -0.15) is 0 Å². The highest BCUT2D eigenvalue weighted by molar-refractivity contribution is 4.70. The largest absolute Gasteiger partial charge is 0.378 e. The molecule has 1 fully saturated rings. The number of rotatable bonds is 7. The smallest absolute Gasteiger partial charge is 0.188 e. The van der Waals surface area contributed by atoms with Crippen molar-refractivity contribution in [2.24, 2.45) is 5.92 Å². The van der Waals surface area contributed by atoms with E-state index in [0.717, 1.165) is 0 Å². The maximum atomic E-state index is 11.7. The Labute approximate surface area is 96.0 Å². The molecule has 0 aromatic heterocycles. The van der Waals surface area contributed by atoms with Crippen LogP contribution in [0.1, 0.15) is 20.8 Å². The van der Waals surface area contributed by atoms with Crippen LogP contribution in [0.5, 0.6) is 0 Å². The predicted octanol–water partition coefficient (Wildman–Crippen LogP) is 1.73. The van der Waals surface area contributed by atoms with Gasteiger partial charge in [0.15, 0.2) is 12.6 Å². The SMILES string of the molecule is CC(COCF)COCC1COC(C)(C)O1. The van der Waals surface area contributed by atoms with Crippen LogP contribution in [0, 0.1) is 5.92 Å². The molecule has 0 saturated carbocycles. The van der Waals surface area contributed by atoms with Crippen molar-refractivity contribution in [3.63, 3.8) is 0 Å². The molecule has 4 nitrogen and oxygen atoms in total. The molecule has 0 aromatic carbocycles. The molecule has 1 aliphatic rings. The maximum absolute atomic E-state index is 11.7. The zero-order valence-corrected chi connectivity index (χ0v) is 10.2. The molecule has 1 rings (SSSR count). The summed E-state index contributed by atoms with van der Waals surface area (Å²) in [4.78, 5) is 0. The molecule has 1 saturated heterocycles. The molecule has 0 N–H and O–H groups in total. The topological polar surface area (TPSA) is 36.9 Å². The summed E-state index contributed by atoms with van der Waals surface area (Å²) < 4.78 is 32.8. The maximum Gasteiger partial charge on any atom is 0.188 e. The lowest BCUT2D eigenvalue weighted by molar-refractivity contribution is -0.145. The summed E-state index contributed by atoms with van der Waals surface area (Å²) in [6.45, 7) is 6.95. The number of hydrogen-bond donors (Lipinski definition) is 0. The van der Waals surface area contributed by atoms with Gasteiger partial charge in [0.25, 0.3) is 0 Å². The van der Waals surface area contributed by atoms with E-state index < -0.39 is 12.6 Å². The van der Waals surface area contributed by atoms with E-state index in [2.05, 4.69) is 4.74 Å². The average Bonchev–Trinajstić information content (AvgIpc) is 2.55. The van der Waals surface area contributed by atoms with Gasteiger partial charge < -0.3 is 18.9 Å². The lowest BCUT2D eigenvalue weighted by Gasteiger charge is -2.17. The molecule has 2 atom stereocenters. The van der Waals surface area contributed by atoms with Crippen LogP contribution in [-0.2, 0) is 18.9 Å². The second kappa shape index (κ2) is 6.49. The van der Waals surface area contributed by atoms with Gasteiger partial charge in [-0.25, -0.2) is 4.39 Å². The summed E-state index contributed by atoms with van der Waals surface area (Å²) in [5.74, 6) is -0.317. The third kappa shape index (κ3) is 5.21. The fraction of sp³-hybridized carbons (Fsp3) is 1.00. The molecular weight excluding hydrogens is 215 g/mol. The van der Waals surface area contributed by atoms with Gasteiger partial charge in [0, 0.05) is 5.92 Å². The first-order chi connectivity index (χ1) is 7.53. The Kier molecular flexibility index (Phi) is 5.61. The van der Waals surface area contributed by atoms with Crippen molar-refractivity contribution < 1.29 is 23.3 Å². The van der Waals surface area contributed by atoms with Gasteiger partial charge in [-0.1, -0.05) is 6.92 Å². The van der Waals surface area contributed by atoms with E-state index in [1.165, 1.54) is 0 Å². The van der Waals surface area contributed by atoms with Crippen molar-refractivity contribution in [2.45, 2.75) is 32.7 Å². The minimum atomic E-state index is -0.738. The summed E-state index contributed by atoms with van der Waals surface area (Å²) in [5, 5.41) is 0. The summed E-state index contributed by atoms with van der Waals surface area (Å²) in [7, 11) is 0. The molecular formula is C11H21FO4. The van der Waals surface area contributed by atoms with Crippen LogP contribution in [0.3, 0.4) is 0 Å². The molecule has 96 valence electrons. The third-order valence-corrected chi connectivity index (χ3v) is 2.25. The molecule has 0 amide bonds. The number of hydrogen-bond acceptors (Lipinski definition) is 4.